The Morgan fingerprint density at radius 2 is 2.25 bits per heavy atom. The highest BCUT2D eigenvalue weighted by atomic mass is 79.9. The first kappa shape index (κ1) is 12.0. The minimum Gasteiger partial charge on any atom is -0.478 e. The third-order valence-corrected chi connectivity index (χ3v) is 2.08. The molecular weight excluding hydrogens is 284 g/mol. The Morgan fingerprint density at radius 3 is 2.69 bits per heavy atom. The summed E-state index contributed by atoms with van der Waals surface area (Å²) in [5.41, 5.74) is 6.72. The standard InChI is InChI=1S/C7H3BrN4O4/c8-3-1-4(7(13)14)6(10-11-9)5(2-3)12(15)16/h1-2H,(H,13,14). The van der Waals surface area contributed by atoms with Crippen molar-refractivity contribution in [2.75, 3.05) is 0 Å². The van der Waals surface area contributed by atoms with Crippen molar-refractivity contribution in [3.8, 4) is 0 Å². The molecule has 1 aromatic rings. The van der Waals surface area contributed by atoms with Gasteiger partial charge in [-0.25, -0.2) is 4.79 Å². The molecule has 0 aliphatic heterocycles. The summed E-state index contributed by atoms with van der Waals surface area (Å²) in [6.45, 7) is 0. The first-order valence-electron chi connectivity index (χ1n) is 3.73. The quantitative estimate of drug-likeness (QED) is 0.301. The monoisotopic (exact) mass is 286 g/mol. The summed E-state index contributed by atoms with van der Waals surface area (Å²) >= 11 is 2.93. The van der Waals surface area contributed by atoms with Gasteiger partial charge in [0.1, 0.15) is 5.69 Å². The van der Waals surface area contributed by atoms with Crippen molar-refractivity contribution in [3.05, 3.63) is 42.7 Å². The summed E-state index contributed by atoms with van der Waals surface area (Å²) in [5.74, 6) is -1.41. The molecule has 0 amide bonds. The molecule has 0 fully saturated rings. The lowest BCUT2D eigenvalue weighted by Crippen LogP contribution is -1.99. The van der Waals surface area contributed by atoms with Gasteiger partial charge in [-0.2, -0.15) is 0 Å². The van der Waals surface area contributed by atoms with Gasteiger partial charge in [0.05, 0.1) is 10.5 Å². The van der Waals surface area contributed by atoms with Crippen molar-refractivity contribution in [1.29, 1.82) is 0 Å². The zero-order valence-electron chi connectivity index (χ0n) is 7.49. The molecular formula is C7H3BrN4O4. The number of halogens is 1. The lowest BCUT2D eigenvalue weighted by Gasteiger charge is -2.02. The predicted octanol–water partition coefficient (Wildman–Crippen LogP) is 3.00. The first-order chi connectivity index (χ1) is 7.47. The lowest BCUT2D eigenvalue weighted by molar-refractivity contribution is -0.384. The molecule has 1 aromatic carbocycles. The van der Waals surface area contributed by atoms with Crippen molar-refractivity contribution >= 4 is 33.3 Å². The van der Waals surface area contributed by atoms with Gasteiger partial charge < -0.3 is 5.11 Å². The molecule has 0 heterocycles. The fraction of sp³-hybridized carbons (Fsp3) is 0. The SMILES string of the molecule is [N-]=[N+]=Nc1c(C(=O)O)cc(Br)cc1[N+](=O)[O-]. The highest BCUT2D eigenvalue weighted by Gasteiger charge is 2.21. The summed E-state index contributed by atoms with van der Waals surface area (Å²) in [6, 6.07) is 2.19. The van der Waals surface area contributed by atoms with Crippen molar-refractivity contribution in [2.45, 2.75) is 0 Å². The van der Waals surface area contributed by atoms with E-state index in [4.69, 9.17) is 10.6 Å². The Labute approximate surface area is 96.4 Å². The molecule has 1 rings (SSSR count). The van der Waals surface area contributed by atoms with Crippen LogP contribution >= 0.6 is 15.9 Å². The van der Waals surface area contributed by atoms with Crippen LogP contribution in [0.3, 0.4) is 0 Å². The Morgan fingerprint density at radius 1 is 1.62 bits per heavy atom. The third kappa shape index (κ3) is 2.27. The van der Waals surface area contributed by atoms with E-state index in [1.165, 1.54) is 0 Å². The van der Waals surface area contributed by atoms with Crippen LogP contribution in [0.25, 0.3) is 10.4 Å². The minimum absolute atomic E-state index is 0.216. The molecule has 1 N–H and O–H groups in total. The highest BCUT2D eigenvalue weighted by molar-refractivity contribution is 9.10. The molecule has 8 nitrogen and oxygen atoms in total. The van der Waals surface area contributed by atoms with Crippen molar-refractivity contribution in [2.24, 2.45) is 5.11 Å². The normalized spacial score (nSPS) is 9.31. The molecule has 0 saturated carbocycles. The van der Waals surface area contributed by atoms with Crippen molar-refractivity contribution in [3.63, 3.8) is 0 Å². The van der Waals surface area contributed by atoms with E-state index in [1.54, 1.807) is 0 Å². The Hall–Kier alpha value is -2.12. The van der Waals surface area contributed by atoms with Gasteiger partial charge in [-0.1, -0.05) is 21.0 Å². The van der Waals surface area contributed by atoms with E-state index in [0.29, 0.717) is 0 Å². The Balaban J connectivity index is 3.66. The summed E-state index contributed by atoms with van der Waals surface area (Å²) in [6.07, 6.45) is 0. The molecule has 0 bridgehead atoms. The largest absolute Gasteiger partial charge is 0.478 e. The summed E-state index contributed by atoms with van der Waals surface area (Å²) in [7, 11) is 0. The van der Waals surface area contributed by atoms with Crippen LogP contribution in [0.2, 0.25) is 0 Å². The number of nitrogens with zero attached hydrogens (tertiary/aromatic N) is 4. The number of hydrogen-bond acceptors (Lipinski definition) is 4. The molecule has 0 radical (unpaired) electrons. The molecule has 82 valence electrons. The molecule has 9 heteroatoms. The molecule has 16 heavy (non-hydrogen) atoms. The van der Waals surface area contributed by atoms with E-state index in [-0.39, 0.29) is 4.47 Å². The van der Waals surface area contributed by atoms with Crippen LogP contribution in [-0.2, 0) is 0 Å². The van der Waals surface area contributed by atoms with Crippen LogP contribution in [0.5, 0.6) is 0 Å². The molecule has 0 saturated heterocycles. The van der Waals surface area contributed by atoms with Crippen LogP contribution in [-0.4, -0.2) is 16.0 Å². The average molecular weight is 287 g/mol. The van der Waals surface area contributed by atoms with Crippen LogP contribution in [0, 0.1) is 10.1 Å². The number of rotatable bonds is 3. The number of carboxylic acid groups (broad SMARTS) is 1. The summed E-state index contributed by atoms with van der Waals surface area (Å²) in [4.78, 5) is 23.0. The van der Waals surface area contributed by atoms with Gasteiger partial charge in [-0.15, -0.1) is 0 Å². The smallest absolute Gasteiger partial charge is 0.336 e. The van der Waals surface area contributed by atoms with Crippen LogP contribution < -0.4 is 0 Å². The van der Waals surface area contributed by atoms with Crippen LogP contribution in [0.4, 0.5) is 11.4 Å². The maximum absolute atomic E-state index is 10.8. The maximum atomic E-state index is 10.8. The number of carboxylic acids is 1. The van der Waals surface area contributed by atoms with Crippen LogP contribution in [0.15, 0.2) is 21.7 Å². The summed E-state index contributed by atoms with van der Waals surface area (Å²) in [5, 5.41) is 22.5. The van der Waals surface area contributed by atoms with Gasteiger partial charge >= 0.3 is 5.97 Å². The summed E-state index contributed by atoms with van der Waals surface area (Å²) < 4.78 is 0.216. The van der Waals surface area contributed by atoms with Crippen molar-refractivity contribution in [1.82, 2.24) is 0 Å². The molecule has 0 spiro atoms. The van der Waals surface area contributed by atoms with Gasteiger partial charge in [0.25, 0.3) is 5.69 Å². The zero-order valence-corrected chi connectivity index (χ0v) is 9.08. The molecule has 0 atom stereocenters. The number of aromatic carboxylic acids is 1. The Kier molecular flexibility index (Phi) is 3.44. The molecule has 0 aromatic heterocycles. The van der Waals surface area contributed by atoms with E-state index in [1.807, 2.05) is 0 Å². The second-order valence-corrected chi connectivity index (χ2v) is 3.49. The second kappa shape index (κ2) is 4.60. The first-order valence-corrected chi connectivity index (χ1v) is 4.53. The van der Waals surface area contributed by atoms with E-state index in [9.17, 15) is 14.9 Å². The average Bonchev–Trinajstić information content (AvgIpc) is 2.19. The van der Waals surface area contributed by atoms with E-state index >= 15 is 0 Å². The van der Waals surface area contributed by atoms with E-state index in [2.05, 4.69) is 26.0 Å². The second-order valence-electron chi connectivity index (χ2n) is 2.57. The third-order valence-electron chi connectivity index (χ3n) is 1.63. The minimum atomic E-state index is -1.41. The van der Waals surface area contributed by atoms with Gasteiger partial charge in [0, 0.05) is 15.5 Å². The number of nitro benzene ring substituents is 1. The van der Waals surface area contributed by atoms with Gasteiger partial charge in [0.15, 0.2) is 0 Å². The maximum Gasteiger partial charge on any atom is 0.336 e. The number of azide groups is 1. The molecule has 0 aliphatic rings. The van der Waals surface area contributed by atoms with E-state index in [0.717, 1.165) is 12.1 Å². The number of hydrogen-bond donors (Lipinski definition) is 1. The lowest BCUT2D eigenvalue weighted by atomic mass is 10.1. The number of benzene rings is 1. The van der Waals surface area contributed by atoms with Crippen LogP contribution in [0.1, 0.15) is 10.4 Å². The fourth-order valence-electron chi connectivity index (χ4n) is 1.04. The number of carbonyl (C=O) groups is 1. The highest BCUT2D eigenvalue weighted by Crippen LogP contribution is 2.34. The zero-order chi connectivity index (χ0) is 12.3. The van der Waals surface area contributed by atoms with Gasteiger partial charge in [0.2, 0.25) is 0 Å². The van der Waals surface area contributed by atoms with Gasteiger partial charge in [-0.3, -0.25) is 10.1 Å². The Bertz CT molecular complexity index is 488. The van der Waals surface area contributed by atoms with Gasteiger partial charge in [-0.05, 0) is 11.6 Å². The van der Waals surface area contributed by atoms with Crippen molar-refractivity contribution < 1.29 is 14.8 Å². The number of nitro groups is 1. The molecule has 0 unspecified atom stereocenters. The topological polar surface area (TPSA) is 129 Å². The fourth-order valence-corrected chi connectivity index (χ4v) is 1.48. The van der Waals surface area contributed by atoms with E-state index < -0.39 is 27.8 Å². The predicted molar refractivity (Wildman–Crippen MR) is 56.6 cm³/mol. The molecule has 0 aliphatic carbocycles.